The Morgan fingerprint density at radius 2 is 1.67 bits per heavy atom. The number of benzene rings is 3. The molecular weight excluding hydrogens is 406 g/mol. The number of hydrogen-bond acceptors (Lipinski definition) is 3. The van der Waals surface area contributed by atoms with Gasteiger partial charge in [-0.3, -0.25) is 9.47 Å². The number of imidazole rings is 1. The van der Waals surface area contributed by atoms with Crippen molar-refractivity contribution in [2.45, 2.75) is 52.6 Å². The summed E-state index contributed by atoms with van der Waals surface area (Å²) in [5.74, 6) is 2.01. The van der Waals surface area contributed by atoms with E-state index in [1.54, 1.807) is 7.11 Å². The van der Waals surface area contributed by atoms with Crippen LogP contribution < -0.4 is 4.74 Å². The molecular formula is C29H33N3O. The summed E-state index contributed by atoms with van der Waals surface area (Å²) in [5.41, 5.74) is 8.92. The fraction of sp³-hybridized carbons (Fsp3) is 0.345. The average molecular weight is 440 g/mol. The molecule has 0 saturated carbocycles. The second-order valence-electron chi connectivity index (χ2n) is 9.35. The lowest BCUT2D eigenvalue weighted by Crippen LogP contribution is -2.35. The summed E-state index contributed by atoms with van der Waals surface area (Å²) < 4.78 is 7.76. The van der Waals surface area contributed by atoms with E-state index < -0.39 is 0 Å². The van der Waals surface area contributed by atoms with Gasteiger partial charge in [0.15, 0.2) is 0 Å². The number of para-hydroxylation sites is 2. The van der Waals surface area contributed by atoms with Crippen LogP contribution in [-0.4, -0.2) is 28.1 Å². The molecule has 33 heavy (non-hydrogen) atoms. The third-order valence-electron chi connectivity index (χ3n) is 7.03. The molecule has 170 valence electrons. The van der Waals surface area contributed by atoms with Crippen LogP contribution >= 0.6 is 0 Å². The molecule has 1 aromatic heterocycles. The number of aryl methyl sites for hydroxylation is 3. The SMILES string of the molecule is COc1ccc(-n2c([C@H]3CCCCN3Cc3c(C)cc(C)cc3C)nc3ccccc32)cc1. The first-order valence-electron chi connectivity index (χ1n) is 12.0. The highest BCUT2D eigenvalue weighted by Crippen LogP contribution is 2.36. The number of hydrogen-bond donors (Lipinski definition) is 0. The Kier molecular flexibility index (Phi) is 5.94. The van der Waals surface area contributed by atoms with Crippen LogP contribution in [0.1, 0.15) is 53.4 Å². The number of ether oxygens (including phenoxy) is 1. The van der Waals surface area contributed by atoms with Gasteiger partial charge >= 0.3 is 0 Å². The smallest absolute Gasteiger partial charge is 0.131 e. The zero-order valence-corrected chi connectivity index (χ0v) is 20.1. The molecule has 2 heterocycles. The summed E-state index contributed by atoms with van der Waals surface area (Å²) in [4.78, 5) is 7.84. The molecule has 4 heteroatoms. The normalized spacial score (nSPS) is 16.9. The monoisotopic (exact) mass is 439 g/mol. The van der Waals surface area contributed by atoms with E-state index in [0.717, 1.165) is 47.8 Å². The highest BCUT2D eigenvalue weighted by atomic mass is 16.5. The van der Waals surface area contributed by atoms with Crippen molar-refractivity contribution >= 4 is 11.0 Å². The molecule has 0 bridgehead atoms. The van der Waals surface area contributed by atoms with E-state index in [1.165, 1.54) is 35.1 Å². The van der Waals surface area contributed by atoms with Gasteiger partial charge in [0.2, 0.25) is 0 Å². The maximum Gasteiger partial charge on any atom is 0.131 e. The van der Waals surface area contributed by atoms with Crippen molar-refractivity contribution in [3.63, 3.8) is 0 Å². The summed E-state index contributed by atoms with van der Waals surface area (Å²) in [7, 11) is 1.71. The number of methoxy groups -OCH3 is 1. The first-order chi connectivity index (χ1) is 16.0. The molecule has 5 rings (SSSR count). The number of rotatable bonds is 5. The van der Waals surface area contributed by atoms with Gasteiger partial charge < -0.3 is 4.74 Å². The first-order valence-corrected chi connectivity index (χ1v) is 12.0. The maximum atomic E-state index is 5.40. The molecule has 1 atom stereocenters. The number of nitrogens with zero attached hydrogens (tertiary/aromatic N) is 3. The quantitative estimate of drug-likeness (QED) is 0.347. The van der Waals surface area contributed by atoms with Gasteiger partial charge in [0.25, 0.3) is 0 Å². The summed E-state index contributed by atoms with van der Waals surface area (Å²) in [5, 5.41) is 0. The molecule has 0 unspecified atom stereocenters. The third-order valence-corrected chi connectivity index (χ3v) is 7.03. The van der Waals surface area contributed by atoms with E-state index in [0.29, 0.717) is 0 Å². The second kappa shape index (κ2) is 9.03. The molecule has 0 N–H and O–H groups in total. The second-order valence-corrected chi connectivity index (χ2v) is 9.35. The number of aromatic nitrogens is 2. The van der Waals surface area contributed by atoms with Gasteiger partial charge in [0.05, 0.1) is 24.2 Å². The van der Waals surface area contributed by atoms with Gasteiger partial charge in [-0.05, 0) is 93.2 Å². The predicted molar refractivity (Wildman–Crippen MR) is 135 cm³/mol. The molecule has 0 aliphatic carbocycles. The van der Waals surface area contributed by atoms with Crippen molar-refractivity contribution in [1.82, 2.24) is 14.5 Å². The van der Waals surface area contributed by atoms with Gasteiger partial charge in [-0.15, -0.1) is 0 Å². The lowest BCUT2D eigenvalue weighted by Gasteiger charge is -2.36. The highest BCUT2D eigenvalue weighted by Gasteiger charge is 2.30. The molecule has 0 radical (unpaired) electrons. The minimum atomic E-state index is 0.286. The largest absolute Gasteiger partial charge is 0.497 e. The van der Waals surface area contributed by atoms with Crippen LogP contribution in [0.15, 0.2) is 60.7 Å². The summed E-state index contributed by atoms with van der Waals surface area (Å²) in [6.07, 6.45) is 3.60. The van der Waals surface area contributed by atoms with Crippen LogP contribution in [0, 0.1) is 20.8 Å². The van der Waals surface area contributed by atoms with Crippen molar-refractivity contribution in [2.24, 2.45) is 0 Å². The first kappa shape index (κ1) is 21.7. The number of likely N-dealkylation sites (tertiary alicyclic amines) is 1. The van der Waals surface area contributed by atoms with Crippen molar-refractivity contribution in [1.29, 1.82) is 0 Å². The number of piperidine rings is 1. The predicted octanol–water partition coefficient (Wildman–Crippen LogP) is 6.69. The Hall–Kier alpha value is -3.11. The Labute approximate surface area is 196 Å². The summed E-state index contributed by atoms with van der Waals surface area (Å²) >= 11 is 0. The zero-order valence-electron chi connectivity index (χ0n) is 20.1. The van der Waals surface area contributed by atoms with E-state index in [1.807, 2.05) is 12.1 Å². The molecule has 1 aliphatic rings. The van der Waals surface area contributed by atoms with Crippen LogP contribution in [0.4, 0.5) is 0 Å². The lowest BCUT2D eigenvalue weighted by molar-refractivity contribution is 0.132. The van der Waals surface area contributed by atoms with Crippen LogP contribution in [-0.2, 0) is 6.54 Å². The minimum absolute atomic E-state index is 0.286. The molecule has 0 amide bonds. The van der Waals surface area contributed by atoms with E-state index in [4.69, 9.17) is 9.72 Å². The molecule has 4 nitrogen and oxygen atoms in total. The third kappa shape index (κ3) is 4.16. The van der Waals surface area contributed by atoms with E-state index in [-0.39, 0.29) is 6.04 Å². The van der Waals surface area contributed by atoms with Gasteiger partial charge in [-0.25, -0.2) is 4.98 Å². The topological polar surface area (TPSA) is 30.3 Å². The van der Waals surface area contributed by atoms with Crippen LogP contribution in [0.25, 0.3) is 16.7 Å². The fourth-order valence-corrected chi connectivity index (χ4v) is 5.41. The van der Waals surface area contributed by atoms with Gasteiger partial charge in [0.1, 0.15) is 11.6 Å². The zero-order chi connectivity index (χ0) is 22.9. The molecule has 3 aromatic carbocycles. The van der Waals surface area contributed by atoms with Crippen molar-refractivity contribution in [3.8, 4) is 11.4 Å². The molecule has 0 spiro atoms. The Bertz CT molecular complexity index is 1250. The fourth-order valence-electron chi connectivity index (χ4n) is 5.41. The highest BCUT2D eigenvalue weighted by molar-refractivity contribution is 5.78. The van der Waals surface area contributed by atoms with Crippen molar-refractivity contribution < 1.29 is 4.74 Å². The van der Waals surface area contributed by atoms with Crippen molar-refractivity contribution in [2.75, 3.05) is 13.7 Å². The van der Waals surface area contributed by atoms with Crippen molar-refractivity contribution in [3.05, 3.63) is 88.7 Å². The Morgan fingerprint density at radius 3 is 2.39 bits per heavy atom. The lowest BCUT2D eigenvalue weighted by atomic mass is 9.96. The summed E-state index contributed by atoms with van der Waals surface area (Å²) in [6, 6.07) is 21.7. The minimum Gasteiger partial charge on any atom is -0.497 e. The van der Waals surface area contributed by atoms with Gasteiger partial charge in [-0.1, -0.05) is 36.2 Å². The van der Waals surface area contributed by atoms with E-state index in [9.17, 15) is 0 Å². The number of fused-ring (bicyclic) bond motifs is 1. The van der Waals surface area contributed by atoms with Crippen LogP contribution in [0.5, 0.6) is 5.75 Å². The van der Waals surface area contributed by atoms with Crippen LogP contribution in [0.2, 0.25) is 0 Å². The molecule has 1 aliphatic heterocycles. The van der Waals surface area contributed by atoms with Gasteiger partial charge in [0, 0.05) is 12.2 Å². The standard InChI is InChI=1S/C29H33N3O/c1-20-17-21(2)25(22(3)18-20)19-31-16-8-7-11-28(31)29-30-26-9-5-6-10-27(26)32(29)23-12-14-24(33-4)15-13-23/h5-6,9-10,12-15,17-18,28H,7-8,11,16,19H2,1-4H3/t28-/m1/s1. The average Bonchev–Trinajstić information content (AvgIpc) is 3.21. The van der Waals surface area contributed by atoms with Crippen LogP contribution in [0.3, 0.4) is 0 Å². The van der Waals surface area contributed by atoms with E-state index >= 15 is 0 Å². The molecule has 1 fully saturated rings. The summed E-state index contributed by atoms with van der Waals surface area (Å²) in [6.45, 7) is 8.75. The van der Waals surface area contributed by atoms with E-state index in [2.05, 4.69) is 78.8 Å². The Balaban J connectivity index is 1.59. The Morgan fingerprint density at radius 1 is 0.939 bits per heavy atom. The van der Waals surface area contributed by atoms with Gasteiger partial charge in [-0.2, -0.15) is 0 Å². The molecule has 4 aromatic rings. The molecule has 1 saturated heterocycles. The maximum absolute atomic E-state index is 5.40.